The van der Waals surface area contributed by atoms with E-state index in [0.717, 1.165) is 6.42 Å². The van der Waals surface area contributed by atoms with Crippen molar-refractivity contribution in [2.45, 2.75) is 32.7 Å². The fourth-order valence-corrected chi connectivity index (χ4v) is 2.34. The Balaban J connectivity index is 2.93. The van der Waals surface area contributed by atoms with Crippen LogP contribution in [0.25, 0.3) is 0 Å². The van der Waals surface area contributed by atoms with Crippen molar-refractivity contribution in [1.82, 2.24) is 9.88 Å². The molecule has 1 heterocycles. The van der Waals surface area contributed by atoms with Crippen molar-refractivity contribution in [3.05, 3.63) is 27.9 Å². The molecule has 1 aromatic rings. The molecule has 1 rings (SSSR count). The number of carbonyl (C=O) groups is 1. The van der Waals surface area contributed by atoms with Gasteiger partial charge in [0.2, 0.25) is 0 Å². The molecule has 0 aliphatic heterocycles. The summed E-state index contributed by atoms with van der Waals surface area (Å²) in [4.78, 5) is 22.5. The number of rotatable bonds is 6. The van der Waals surface area contributed by atoms with Crippen LogP contribution in [0.4, 0.5) is 5.82 Å². The summed E-state index contributed by atoms with van der Waals surface area (Å²) < 4.78 is 1.27. The topological polar surface area (TPSA) is 103 Å². The van der Waals surface area contributed by atoms with Crippen molar-refractivity contribution in [2.75, 3.05) is 6.54 Å². The second-order valence-corrected chi connectivity index (χ2v) is 5.71. The summed E-state index contributed by atoms with van der Waals surface area (Å²) >= 11 is 0. The molecule has 112 valence electrons. The van der Waals surface area contributed by atoms with E-state index in [4.69, 9.17) is 5.73 Å². The summed E-state index contributed by atoms with van der Waals surface area (Å²) in [6.07, 6.45) is 0.738. The highest BCUT2D eigenvalue weighted by atomic mass is 16.6. The second kappa shape index (κ2) is 6.04. The zero-order valence-corrected chi connectivity index (χ0v) is 12.3. The van der Waals surface area contributed by atoms with Crippen LogP contribution in [0.1, 0.15) is 37.7 Å². The predicted octanol–water partition coefficient (Wildman–Crippen LogP) is 1.43. The van der Waals surface area contributed by atoms with Crippen molar-refractivity contribution >= 4 is 11.7 Å². The van der Waals surface area contributed by atoms with Crippen molar-refractivity contribution in [1.29, 1.82) is 0 Å². The van der Waals surface area contributed by atoms with Crippen molar-refractivity contribution in [3.63, 3.8) is 0 Å². The Kier molecular flexibility index (Phi) is 4.88. The molecule has 0 radical (unpaired) electrons. The summed E-state index contributed by atoms with van der Waals surface area (Å²) in [7, 11) is 1.50. The maximum absolute atomic E-state index is 12.2. The van der Waals surface area contributed by atoms with Crippen LogP contribution in [0, 0.1) is 16.0 Å². The Bertz CT molecular complexity index is 510. The fourth-order valence-electron chi connectivity index (χ4n) is 2.34. The number of hydrogen-bond donors (Lipinski definition) is 2. The molecule has 1 aromatic heterocycles. The minimum absolute atomic E-state index is 0.117. The molecule has 0 spiro atoms. The quantitative estimate of drug-likeness (QED) is 0.608. The average molecular weight is 282 g/mol. The van der Waals surface area contributed by atoms with Gasteiger partial charge >= 0.3 is 5.82 Å². The molecule has 1 amide bonds. The van der Waals surface area contributed by atoms with E-state index >= 15 is 0 Å². The maximum Gasteiger partial charge on any atom is 0.323 e. The summed E-state index contributed by atoms with van der Waals surface area (Å²) in [5.74, 6) is -0.0886. The smallest absolute Gasteiger partial charge is 0.323 e. The van der Waals surface area contributed by atoms with Crippen LogP contribution in [0.15, 0.2) is 12.1 Å². The van der Waals surface area contributed by atoms with Gasteiger partial charge < -0.3 is 21.2 Å². The lowest BCUT2D eigenvalue weighted by Gasteiger charge is -2.30. The van der Waals surface area contributed by atoms with E-state index in [9.17, 15) is 14.9 Å². The number of carbonyl (C=O) groups excluding carboxylic acids is 1. The standard InChI is InChI=1S/C13H22N4O3/c1-9(2)7-13(3,8-14)15-12(18)10-5-6-11(16(10)4)17(19)20/h5-6,9H,7-8,14H2,1-4H3,(H,15,18). The van der Waals surface area contributed by atoms with Gasteiger partial charge in [0.1, 0.15) is 0 Å². The van der Waals surface area contributed by atoms with Crippen LogP contribution >= 0.6 is 0 Å². The lowest BCUT2D eigenvalue weighted by molar-refractivity contribution is -0.391. The van der Waals surface area contributed by atoms with Crippen LogP contribution in [-0.4, -0.2) is 27.5 Å². The molecular weight excluding hydrogens is 260 g/mol. The molecule has 0 aliphatic carbocycles. The van der Waals surface area contributed by atoms with E-state index in [2.05, 4.69) is 5.32 Å². The molecule has 0 saturated heterocycles. The van der Waals surface area contributed by atoms with Gasteiger partial charge in [-0.2, -0.15) is 0 Å². The highest BCUT2D eigenvalue weighted by Gasteiger charge is 2.29. The molecule has 0 aromatic carbocycles. The van der Waals surface area contributed by atoms with Crippen LogP contribution in [0.5, 0.6) is 0 Å². The number of hydrogen-bond acceptors (Lipinski definition) is 4. The molecule has 1 atom stereocenters. The summed E-state index contributed by atoms with van der Waals surface area (Å²) in [5, 5.41) is 13.7. The third kappa shape index (κ3) is 3.57. The van der Waals surface area contributed by atoms with E-state index in [0.29, 0.717) is 12.5 Å². The van der Waals surface area contributed by atoms with Crippen molar-refractivity contribution in [3.8, 4) is 0 Å². The minimum Gasteiger partial charge on any atom is -0.358 e. The number of amides is 1. The number of aromatic nitrogens is 1. The van der Waals surface area contributed by atoms with Gasteiger partial charge in [-0.25, -0.2) is 4.57 Å². The van der Waals surface area contributed by atoms with Crippen LogP contribution < -0.4 is 11.1 Å². The number of nitrogens with zero attached hydrogens (tertiary/aromatic N) is 2. The van der Waals surface area contributed by atoms with Gasteiger partial charge in [0.05, 0.1) is 12.6 Å². The van der Waals surface area contributed by atoms with Crippen LogP contribution in [0.3, 0.4) is 0 Å². The largest absolute Gasteiger partial charge is 0.358 e. The molecular formula is C13H22N4O3. The lowest BCUT2D eigenvalue weighted by atomic mass is 9.90. The Morgan fingerprint density at radius 3 is 2.55 bits per heavy atom. The maximum atomic E-state index is 12.2. The molecule has 3 N–H and O–H groups in total. The number of nitro groups is 1. The highest BCUT2D eigenvalue weighted by molar-refractivity contribution is 5.93. The minimum atomic E-state index is -0.524. The summed E-state index contributed by atoms with van der Waals surface area (Å²) in [6, 6.07) is 2.76. The van der Waals surface area contributed by atoms with Crippen molar-refractivity contribution in [2.24, 2.45) is 18.7 Å². The van der Waals surface area contributed by atoms with Gasteiger partial charge in [-0.1, -0.05) is 13.8 Å². The molecule has 0 bridgehead atoms. The normalized spacial score (nSPS) is 14.1. The van der Waals surface area contributed by atoms with E-state index in [1.807, 2.05) is 20.8 Å². The molecule has 20 heavy (non-hydrogen) atoms. The second-order valence-electron chi connectivity index (χ2n) is 5.71. The third-order valence-corrected chi connectivity index (χ3v) is 3.24. The first-order valence-corrected chi connectivity index (χ1v) is 6.53. The Morgan fingerprint density at radius 1 is 1.55 bits per heavy atom. The van der Waals surface area contributed by atoms with Crippen molar-refractivity contribution < 1.29 is 9.72 Å². The van der Waals surface area contributed by atoms with E-state index in [1.165, 1.54) is 23.7 Å². The van der Waals surface area contributed by atoms with Gasteiger partial charge in [0, 0.05) is 12.6 Å². The fraction of sp³-hybridized carbons (Fsp3) is 0.615. The summed E-state index contributed by atoms with van der Waals surface area (Å²) in [6.45, 7) is 6.28. The third-order valence-electron chi connectivity index (χ3n) is 3.24. The monoisotopic (exact) mass is 282 g/mol. The molecule has 0 aliphatic rings. The summed E-state index contributed by atoms with van der Waals surface area (Å²) in [5.41, 5.74) is 5.47. The zero-order valence-electron chi connectivity index (χ0n) is 12.3. The van der Waals surface area contributed by atoms with Crippen LogP contribution in [0.2, 0.25) is 0 Å². The van der Waals surface area contributed by atoms with E-state index in [1.54, 1.807) is 0 Å². The molecule has 7 heteroatoms. The first-order chi connectivity index (χ1) is 9.20. The average Bonchev–Trinajstić information content (AvgIpc) is 2.70. The first-order valence-electron chi connectivity index (χ1n) is 6.53. The number of nitrogens with one attached hydrogen (secondary N) is 1. The molecule has 0 fully saturated rings. The predicted molar refractivity (Wildman–Crippen MR) is 76.4 cm³/mol. The van der Waals surface area contributed by atoms with E-state index < -0.39 is 10.5 Å². The highest BCUT2D eigenvalue weighted by Crippen LogP contribution is 2.18. The SMILES string of the molecule is CC(C)CC(C)(CN)NC(=O)c1ccc([N+](=O)[O-])n1C. The Hall–Kier alpha value is -1.89. The zero-order chi connectivity index (χ0) is 15.5. The van der Waals surface area contributed by atoms with Crippen LogP contribution in [-0.2, 0) is 7.05 Å². The van der Waals surface area contributed by atoms with Gasteiger partial charge in [0.15, 0.2) is 5.69 Å². The molecule has 0 saturated carbocycles. The van der Waals surface area contributed by atoms with Gasteiger partial charge in [-0.05, 0) is 30.3 Å². The Morgan fingerprint density at radius 2 is 2.15 bits per heavy atom. The van der Waals surface area contributed by atoms with Gasteiger partial charge in [0.25, 0.3) is 5.91 Å². The lowest BCUT2D eigenvalue weighted by Crippen LogP contribution is -2.52. The first kappa shape index (κ1) is 16.2. The Labute approximate surface area is 118 Å². The molecule has 1 unspecified atom stereocenters. The molecule has 7 nitrogen and oxygen atoms in total. The van der Waals surface area contributed by atoms with Gasteiger partial charge in [-0.3, -0.25) is 4.79 Å². The van der Waals surface area contributed by atoms with E-state index in [-0.39, 0.29) is 17.4 Å². The van der Waals surface area contributed by atoms with Gasteiger partial charge in [-0.15, -0.1) is 0 Å². The number of nitrogens with two attached hydrogens (primary N) is 1.